The first-order valence-electron chi connectivity index (χ1n) is 3.60. The van der Waals surface area contributed by atoms with E-state index in [0.29, 0.717) is 5.65 Å². The van der Waals surface area contributed by atoms with Crippen molar-refractivity contribution < 1.29 is 0 Å². The van der Waals surface area contributed by atoms with Crippen molar-refractivity contribution >= 4 is 17.0 Å². The Morgan fingerprint density at radius 1 is 1.25 bits per heavy atom. The highest BCUT2D eigenvalue weighted by Gasteiger charge is 1.96. The van der Waals surface area contributed by atoms with E-state index in [1.807, 2.05) is 13.0 Å². The summed E-state index contributed by atoms with van der Waals surface area (Å²) in [6, 6.07) is 1.97. The van der Waals surface area contributed by atoms with Crippen molar-refractivity contribution in [3.63, 3.8) is 0 Å². The van der Waals surface area contributed by atoms with Gasteiger partial charge in [-0.1, -0.05) is 0 Å². The topological polar surface area (TPSA) is 64.7 Å². The summed E-state index contributed by atoms with van der Waals surface area (Å²) < 4.78 is 0. The van der Waals surface area contributed by atoms with Crippen LogP contribution in [0.15, 0.2) is 18.5 Å². The van der Waals surface area contributed by atoms with Gasteiger partial charge in [0.1, 0.15) is 0 Å². The third-order valence-electron chi connectivity index (χ3n) is 1.59. The molecule has 0 fully saturated rings. The van der Waals surface area contributed by atoms with E-state index in [1.54, 1.807) is 12.4 Å². The highest BCUT2D eigenvalue weighted by molar-refractivity contribution is 5.74. The molecular formula is C8H8N4. The lowest BCUT2D eigenvalue weighted by Crippen LogP contribution is -1.95. The standard InChI is InChI=1S/C8H8N4/c1-5-2-6-4-11-8(9)12-7(6)10-3-5/h2-4H,1H3,(H2,9,10,11,12). The van der Waals surface area contributed by atoms with Crippen molar-refractivity contribution in [3.8, 4) is 0 Å². The third kappa shape index (κ3) is 1.07. The molecule has 4 heteroatoms. The van der Waals surface area contributed by atoms with Crippen LogP contribution < -0.4 is 5.73 Å². The predicted molar refractivity (Wildman–Crippen MR) is 46.5 cm³/mol. The van der Waals surface area contributed by atoms with Crippen molar-refractivity contribution in [1.82, 2.24) is 15.0 Å². The van der Waals surface area contributed by atoms with E-state index in [2.05, 4.69) is 15.0 Å². The summed E-state index contributed by atoms with van der Waals surface area (Å²) in [6.07, 6.45) is 3.44. The minimum atomic E-state index is 0.263. The minimum absolute atomic E-state index is 0.263. The summed E-state index contributed by atoms with van der Waals surface area (Å²) >= 11 is 0. The Bertz CT molecular complexity index is 383. The van der Waals surface area contributed by atoms with Crippen LogP contribution >= 0.6 is 0 Å². The lowest BCUT2D eigenvalue weighted by molar-refractivity contribution is 1.18. The summed E-state index contributed by atoms with van der Waals surface area (Å²) in [5, 5.41) is 0.921. The number of hydrogen-bond acceptors (Lipinski definition) is 4. The molecule has 0 aliphatic rings. The number of anilines is 1. The van der Waals surface area contributed by atoms with Gasteiger partial charge < -0.3 is 5.73 Å². The second-order valence-electron chi connectivity index (χ2n) is 2.65. The van der Waals surface area contributed by atoms with Crippen LogP contribution in [-0.2, 0) is 0 Å². The van der Waals surface area contributed by atoms with E-state index in [4.69, 9.17) is 5.73 Å². The molecular weight excluding hydrogens is 152 g/mol. The van der Waals surface area contributed by atoms with Crippen LogP contribution in [0.3, 0.4) is 0 Å². The fourth-order valence-corrected chi connectivity index (χ4v) is 1.05. The van der Waals surface area contributed by atoms with Crippen LogP contribution in [0.1, 0.15) is 5.56 Å². The number of rotatable bonds is 0. The van der Waals surface area contributed by atoms with E-state index in [0.717, 1.165) is 10.9 Å². The predicted octanol–water partition coefficient (Wildman–Crippen LogP) is 0.915. The number of aryl methyl sites for hydroxylation is 1. The first-order chi connectivity index (χ1) is 5.75. The molecule has 2 N–H and O–H groups in total. The molecule has 0 saturated heterocycles. The largest absolute Gasteiger partial charge is 0.368 e. The van der Waals surface area contributed by atoms with Gasteiger partial charge >= 0.3 is 0 Å². The number of nitrogens with two attached hydrogens (primary N) is 1. The van der Waals surface area contributed by atoms with Crippen LogP contribution in [0.2, 0.25) is 0 Å². The van der Waals surface area contributed by atoms with Gasteiger partial charge in [-0.3, -0.25) is 0 Å². The number of nitrogen functional groups attached to an aromatic ring is 1. The van der Waals surface area contributed by atoms with Crippen molar-refractivity contribution in [2.45, 2.75) is 6.92 Å². The molecule has 0 amide bonds. The average Bonchev–Trinajstić information content (AvgIpc) is 2.05. The molecule has 0 spiro atoms. The van der Waals surface area contributed by atoms with Crippen molar-refractivity contribution in [1.29, 1.82) is 0 Å². The zero-order valence-corrected chi connectivity index (χ0v) is 6.65. The van der Waals surface area contributed by atoms with Crippen LogP contribution in [0.4, 0.5) is 5.95 Å². The Morgan fingerprint density at radius 3 is 2.92 bits per heavy atom. The molecule has 0 aromatic carbocycles. The maximum absolute atomic E-state index is 5.40. The Labute approximate surface area is 69.5 Å². The number of aromatic nitrogens is 3. The summed E-state index contributed by atoms with van der Waals surface area (Å²) in [5.74, 6) is 0.263. The van der Waals surface area contributed by atoms with Gasteiger partial charge in [0.25, 0.3) is 0 Å². The number of hydrogen-bond donors (Lipinski definition) is 1. The van der Waals surface area contributed by atoms with Gasteiger partial charge in [-0.25, -0.2) is 9.97 Å². The highest BCUT2D eigenvalue weighted by atomic mass is 15.0. The van der Waals surface area contributed by atoms with Gasteiger partial charge in [-0.15, -0.1) is 0 Å². The summed E-state index contributed by atoms with van der Waals surface area (Å²) in [7, 11) is 0. The fourth-order valence-electron chi connectivity index (χ4n) is 1.05. The highest BCUT2D eigenvalue weighted by Crippen LogP contribution is 2.09. The third-order valence-corrected chi connectivity index (χ3v) is 1.59. The van der Waals surface area contributed by atoms with Crippen LogP contribution in [0.25, 0.3) is 11.0 Å². The van der Waals surface area contributed by atoms with E-state index >= 15 is 0 Å². The Hall–Kier alpha value is -1.71. The molecule has 2 aromatic heterocycles. The number of nitrogens with zero attached hydrogens (tertiary/aromatic N) is 3. The Balaban J connectivity index is 2.79. The van der Waals surface area contributed by atoms with Gasteiger partial charge in [0.2, 0.25) is 5.95 Å². The second-order valence-corrected chi connectivity index (χ2v) is 2.65. The van der Waals surface area contributed by atoms with Gasteiger partial charge in [0.05, 0.1) is 0 Å². The molecule has 0 bridgehead atoms. The van der Waals surface area contributed by atoms with Gasteiger partial charge in [-0.05, 0) is 18.6 Å². The normalized spacial score (nSPS) is 10.4. The van der Waals surface area contributed by atoms with E-state index < -0.39 is 0 Å². The first kappa shape index (κ1) is 6.97. The lowest BCUT2D eigenvalue weighted by Gasteiger charge is -1.97. The Kier molecular flexibility index (Phi) is 1.40. The lowest BCUT2D eigenvalue weighted by atomic mass is 10.2. The summed E-state index contributed by atoms with van der Waals surface area (Å²) in [4.78, 5) is 12.0. The molecule has 12 heavy (non-hydrogen) atoms. The molecule has 0 unspecified atom stereocenters. The van der Waals surface area contributed by atoms with E-state index in [9.17, 15) is 0 Å². The van der Waals surface area contributed by atoms with Crippen LogP contribution in [0.5, 0.6) is 0 Å². The van der Waals surface area contributed by atoms with E-state index in [-0.39, 0.29) is 5.95 Å². The maximum Gasteiger partial charge on any atom is 0.222 e. The maximum atomic E-state index is 5.40. The van der Waals surface area contributed by atoms with Crippen molar-refractivity contribution in [2.75, 3.05) is 5.73 Å². The van der Waals surface area contributed by atoms with Gasteiger partial charge in [0.15, 0.2) is 5.65 Å². The molecule has 2 rings (SSSR count). The smallest absolute Gasteiger partial charge is 0.222 e. The van der Waals surface area contributed by atoms with Crippen LogP contribution in [-0.4, -0.2) is 15.0 Å². The minimum Gasteiger partial charge on any atom is -0.368 e. The molecule has 2 heterocycles. The molecule has 0 aliphatic carbocycles. The fraction of sp³-hybridized carbons (Fsp3) is 0.125. The molecule has 4 nitrogen and oxygen atoms in total. The molecule has 2 aromatic rings. The van der Waals surface area contributed by atoms with Gasteiger partial charge in [-0.2, -0.15) is 4.98 Å². The van der Waals surface area contributed by atoms with Crippen molar-refractivity contribution in [2.24, 2.45) is 0 Å². The Morgan fingerprint density at radius 2 is 2.08 bits per heavy atom. The summed E-state index contributed by atoms with van der Waals surface area (Å²) in [6.45, 7) is 1.97. The first-order valence-corrected chi connectivity index (χ1v) is 3.60. The van der Waals surface area contributed by atoms with Crippen LogP contribution in [0, 0.1) is 6.92 Å². The number of fused-ring (bicyclic) bond motifs is 1. The van der Waals surface area contributed by atoms with E-state index in [1.165, 1.54) is 0 Å². The molecule has 0 atom stereocenters. The SMILES string of the molecule is Cc1cnc2nc(N)ncc2c1. The molecule has 60 valence electrons. The summed E-state index contributed by atoms with van der Waals surface area (Å²) in [5.41, 5.74) is 7.14. The second kappa shape index (κ2) is 2.41. The average molecular weight is 160 g/mol. The quantitative estimate of drug-likeness (QED) is 0.622. The number of pyridine rings is 1. The monoisotopic (exact) mass is 160 g/mol. The molecule has 0 radical (unpaired) electrons. The molecule has 0 saturated carbocycles. The van der Waals surface area contributed by atoms with Crippen molar-refractivity contribution in [3.05, 3.63) is 24.0 Å². The zero-order valence-electron chi connectivity index (χ0n) is 6.65. The zero-order chi connectivity index (χ0) is 8.55. The molecule has 0 aliphatic heterocycles. The van der Waals surface area contributed by atoms with Gasteiger partial charge in [0, 0.05) is 17.8 Å².